The number of carbonyl (C=O) groups excluding carboxylic acids is 2. The van der Waals surface area contributed by atoms with Gasteiger partial charge in [0.15, 0.2) is 0 Å². The number of anilines is 2. The fourth-order valence-corrected chi connectivity index (χ4v) is 2.71. The van der Waals surface area contributed by atoms with Crippen LogP contribution >= 0.6 is 15.9 Å². The van der Waals surface area contributed by atoms with Crippen LogP contribution in [-0.4, -0.2) is 11.8 Å². The van der Waals surface area contributed by atoms with Gasteiger partial charge in [-0.15, -0.1) is 0 Å². The van der Waals surface area contributed by atoms with Crippen molar-refractivity contribution in [3.8, 4) is 0 Å². The van der Waals surface area contributed by atoms with Gasteiger partial charge in [0.1, 0.15) is 11.2 Å². The van der Waals surface area contributed by atoms with E-state index in [0.717, 1.165) is 10.0 Å². The summed E-state index contributed by atoms with van der Waals surface area (Å²) in [5.74, 6) is -1.36. The van der Waals surface area contributed by atoms with Crippen LogP contribution in [0, 0.1) is 18.2 Å². The van der Waals surface area contributed by atoms with Crippen molar-refractivity contribution in [3.05, 3.63) is 58.3 Å². The first kappa shape index (κ1) is 16.6. The van der Waals surface area contributed by atoms with Crippen LogP contribution in [0.2, 0.25) is 0 Å². The molecule has 0 atom stereocenters. The first-order valence-electron chi connectivity index (χ1n) is 7.56. The normalized spacial score (nSPS) is 14.8. The molecule has 1 saturated carbocycles. The topological polar surface area (TPSA) is 58.2 Å². The van der Waals surface area contributed by atoms with Crippen LogP contribution in [-0.2, 0) is 9.59 Å². The van der Waals surface area contributed by atoms with Gasteiger partial charge in [-0.05, 0) is 55.7 Å². The molecule has 6 heteroatoms. The Hall–Kier alpha value is -2.21. The Morgan fingerprint density at radius 1 is 1.08 bits per heavy atom. The van der Waals surface area contributed by atoms with E-state index in [1.165, 1.54) is 12.1 Å². The van der Waals surface area contributed by atoms with Crippen molar-refractivity contribution in [3.63, 3.8) is 0 Å². The zero-order valence-electron chi connectivity index (χ0n) is 13.0. The number of rotatable bonds is 4. The van der Waals surface area contributed by atoms with Gasteiger partial charge >= 0.3 is 0 Å². The van der Waals surface area contributed by atoms with E-state index in [-0.39, 0.29) is 11.6 Å². The summed E-state index contributed by atoms with van der Waals surface area (Å²) in [4.78, 5) is 25.0. The van der Waals surface area contributed by atoms with Crippen LogP contribution < -0.4 is 10.6 Å². The number of nitrogens with one attached hydrogen (secondary N) is 2. The summed E-state index contributed by atoms with van der Waals surface area (Å²) in [5.41, 5.74) is 0.573. The second kappa shape index (κ2) is 6.36. The van der Waals surface area contributed by atoms with E-state index in [1.807, 2.05) is 19.1 Å². The van der Waals surface area contributed by atoms with Crippen LogP contribution in [0.5, 0.6) is 0 Å². The van der Waals surface area contributed by atoms with Crippen molar-refractivity contribution in [2.45, 2.75) is 19.8 Å². The molecular formula is C18H16BrFN2O2. The lowest BCUT2D eigenvalue weighted by Crippen LogP contribution is -2.35. The Labute approximate surface area is 147 Å². The highest BCUT2D eigenvalue weighted by atomic mass is 79.9. The average molecular weight is 391 g/mol. The Kier molecular flexibility index (Phi) is 4.41. The summed E-state index contributed by atoms with van der Waals surface area (Å²) in [5, 5.41) is 5.30. The fraction of sp³-hybridized carbons (Fsp3) is 0.222. The van der Waals surface area contributed by atoms with Gasteiger partial charge in [-0.3, -0.25) is 9.59 Å². The molecule has 4 nitrogen and oxygen atoms in total. The van der Waals surface area contributed by atoms with Crippen LogP contribution in [0.25, 0.3) is 0 Å². The number of para-hydroxylation sites is 1. The number of benzene rings is 2. The molecule has 0 heterocycles. The Balaban J connectivity index is 1.73. The quantitative estimate of drug-likeness (QED) is 0.766. The summed E-state index contributed by atoms with van der Waals surface area (Å²) >= 11 is 3.40. The summed E-state index contributed by atoms with van der Waals surface area (Å²) in [6, 6.07) is 11.3. The SMILES string of the molecule is Cc1cc(NC(=O)C2(C(=O)Nc3ccccc3F)CC2)ccc1Br. The molecule has 2 aromatic carbocycles. The molecule has 0 radical (unpaired) electrons. The van der Waals surface area contributed by atoms with E-state index in [9.17, 15) is 14.0 Å². The molecule has 2 N–H and O–H groups in total. The molecule has 0 unspecified atom stereocenters. The van der Waals surface area contributed by atoms with E-state index in [0.29, 0.717) is 18.5 Å². The van der Waals surface area contributed by atoms with Crippen molar-refractivity contribution in [1.29, 1.82) is 0 Å². The highest BCUT2D eigenvalue weighted by Gasteiger charge is 2.56. The van der Waals surface area contributed by atoms with E-state index < -0.39 is 17.1 Å². The minimum Gasteiger partial charge on any atom is -0.325 e. The standard InChI is InChI=1S/C18H16BrFN2O2/c1-11-10-12(6-7-13(11)19)21-16(23)18(8-9-18)17(24)22-15-5-3-2-4-14(15)20/h2-7,10H,8-9H2,1H3,(H,21,23)(H,22,24). The van der Waals surface area contributed by atoms with Crippen LogP contribution in [0.15, 0.2) is 46.9 Å². The summed E-state index contributed by atoms with van der Waals surface area (Å²) in [7, 11) is 0. The number of carbonyl (C=O) groups is 2. The molecule has 1 aliphatic rings. The van der Waals surface area contributed by atoms with Crippen molar-refractivity contribution in [2.75, 3.05) is 10.6 Å². The zero-order chi connectivity index (χ0) is 17.3. The van der Waals surface area contributed by atoms with Gasteiger partial charge in [0, 0.05) is 10.2 Å². The second-order valence-electron chi connectivity index (χ2n) is 5.93. The van der Waals surface area contributed by atoms with Crippen molar-refractivity contribution < 1.29 is 14.0 Å². The minimum absolute atomic E-state index is 0.0843. The average Bonchev–Trinajstić information content (AvgIpc) is 3.35. The molecule has 124 valence electrons. The largest absolute Gasteiger partial charge is 0.325 e. The lowest BCUT2D eigenvalue weighted by atomic mass is 10.0. The number of hydrogen-bond acceptors (Lipinski definition) is 2. The molecule has 1 aliphatic carbocycles. The van der Waals surface area contributed by atoms with Crippen LogP contribution in [0.4, 0.5) is 15.8 Å². The molecule has 0 spiro atoms. The number of aryl methyl sites for hydroxylation is 1. The summed E-state index contributed by atoms with van der Waals surface area (Å²) in [6.07, 6.45) is 0.906. The highest BCUT2D eigenvalue weighted by molar-refractivity contribution is 9.10. The van der Waals surface area contributed by atoms with E-state index in [4.69, 9.17) is 0 Å². The molecule has 0 aromatic heterocycles. The Morgan fingerprint density at radius 3 is 2.38 bits per heavy atom. The molecular weight excluding hydrogens is 375 g/mol. The number of halogens is 2. The monoisotopic (exact) mass is 390 g/mol. The maximum Gasteiger partial charge on any atom is 0.240 e. The van der Waals surface area contributed by atoms with E-state index in [2.05, 4.69) is 26.6 Å². The minimum atomic E-state index is -1.12. The Bertz CT molecular complexity index is 818. The van der Waals surface area contributed by atoms with E-state index >= 15 is 0 Å². The van der Waals surface area contributed by atoms with Gasteiger partial charge in [-0.25, -0.2) is 4.39 Å². The summed E-state index contributed by atoms with van der Waals surface area (Å²) in [6.45, 7) is 1.91. The molecule has 2 amide bonds. The van der Waals surface area contributed by atoms with Gasteiger partial charge in [-0.2, -0.15) is 0 Å². The van der Waals surface area contributed by atoms with Crippen LogP contribution in [0.3, 0.4) is 0 Å². The van der Waals surface area contributed by atoms with Gasteiger partial charge in [0.05, 0.1) is 5.69 Å². The fourth-order valence-electron chi connectivity index (χ4n) is 2.46. The van der Waals surface area contributed by atoms with Crippen molar-refractivity contribution in [2.24, 2.45) is 5.41 Å². The maximum atomic E-state index is 13.7. The first-order valence-corrected chi connectivity index (χ1v) is 8.35. The van der Waals surface area contributed by atoms with Crippen molar-refractivity contribution >= 4 is 39.1 Å². The van der Waals surface area contributed by atoms with Gasteiger partial charge in [-0.1, -0.05) is 28.1 Å². The zero-order valence-corrected chi connectivity index (χ0v) is 14.6. The van der Waals surface area contributed by atoms with Gasteiger partial charge < -0.3 is 10.6 Å². The molecule has 24 heavy (non-hydrogen) atoms. The van der Waals surface area contributed by atoms with Gasteiger partial charge in [0.2, 0.25) is 11.8 Å². The van der Waals surface area contributed by atoms with Crippen LogP contribution in [0.1, 0.15) is 18.4 Å². The lowest BCUT2D eigenvalue weighted by Gasteiger charge is -2.16. The Morgan fingerprint density at radius 2 is 1.75 bits per heavy atom. The molecule has 1 fully saturated rings. The predicted molar refractivity (Wildman–Crippen MR) is 94.2 cm³/mol. The highest BCUT2D eigenvalue weighted by Crippen LogP contribution is 2.47. The first-order chi connectivity index (χ1) is 11.4. The van der Waals surface area contributed by atoms with E-state index in [1.54, 1.807) is 18.2 Å². The molecule has 0 saturated heterocycles. The molecule has 0 aliphatic heterocycles. The van der Waals surface area contributed by atoms with Gasteiger partial charge in [0.25, 0.3) is 0 Å². The number of hydrogen-bond donors (Lipinski definition) is 2. The molecule has 2 aromatic rings. The third kappa shape index (κ3) is 3.19. The lowest BCUT2D eigenvalue weighted by molar-refractivity contribution is -0.131. The molecule has 3 rings (SSSR count). The molecule has 0 bridgehead atoms. The summed E-state index contributed by atoms with van der Waals surface area (Å²) < 4.78 is 14.6. The van der Waals surface area contributed by atoms with Crippen molar-refractivity contribution in [1.82, 2.24) is 0 Å². The third-order valence-corrected chi connectivity index (χ3v) is 5.05. The number of amides is 2. The predicted octanol–water partition coefficient (Wildman–Crippen LogP) is 4.25. The third-order valence-electron chi connectivity index (χ3n) is 4.16. The smallest absolute Gasteiger partial charge is 0.240 e. The second-order valence-corrected chi connectivity index (χ2v) is 6.79. The maximum absolute atomic E-state index is 13.7.